The van der Waals surface area contributed by atoms with Gasteiger partial charge in [-0.2, -0.15) is 0 Å². The standard InChI is InChI=1S/C12H11ClN2OS/c1-14-12-15(2)11(16)10(17-12)7-8-3-5-9(13)6-4-8/h3-7H,1-2H3/b10-7-,14-12?. The molecule has 1 aliphatic heterocycles. The largest absolute Gasteiger partial charge is 0.290 e. The van der Waals surface area contributed by atoms with Crippen LogP contribution in [-0.4, -0.2) is 30.1 Å². The second-order valence-corrected chi connectivity index (χ2v) is 4.98. The number of amidine groups is 1. The Kier molecular flexibility index (Phi) is 3.54. The van der Waals surface area contributed by atoms with Crippen LogP contribution in [0, 0.1) is 0 Å². The third-order valence-corrected chi connectivity index (χ3v) is 3.77. The number of thioether (sulfide) groups is 1. The number of aliphatic imine (C=N–C) groups is 1. The van der Waals surface area contributed by atoms with Crippen molar-refractivity contribution in [3.63, 3.8) is 0 Å². The van der Waals surface area contributed by atoms with Crippen molar-refractivity contribution < 1.29 is 4.79 Å². The zero-order valence-corrected chi connectivity index (χ0v) is 11.0. The van der Waals surface area contributed by atoms with E-state index < -0.39 is 0 Å². The number of rotatable bonds is 1. The second-order valence-electron chi connectivity index (χ2n) is 3.53. The van der Waals surface area contributed by atoms with Gasteiger partial charge in [0.2, 0.25) is 0 Å². The number of hydrogen-bond acceptors (Lipinski definition) is 3. The van der Waals surface area contributed by atoms with Crippen LogP contribution in [0.3, 0.4) is 0 Å². The molecular formula is C12H11ClN2OS. The number of hydrogen-bond donors (Lipinski definition) is 0. The van der Waals surface area contributed by atoms with E-state index in [9.17, 15) is 4.79 Å². The molecule has 88 valence electrons. The Morgan fingerprint density at radius 1 is 1.35 bits per heavy atom. The summed E-state index contributed by atoms with van der Waals surface area (Å²) >= 11 is 7.19. The Morgan fingerprint density at radius 2 is 2.00 bits per heavy atom. The minimum Gasteiger partial charge on any atom is -0.290 e. The molecule has 3 nitrogen and oxygen atoms in total. The average molecular weight is 267 g/mol. The first kappa shape index (κ1) is 12.2. The van der Waals surface area contributed by atoms with Crippen LogP contribution in [0.25, 0.3) is 6.08 Å². The van der Waals surface area contributed by atoms with Crippen molar-refractivity contribution in [2.45, 2.75) is 0 Å². The van der Waals surface area contributed by atoms with Crippen molar-refractivity contribution in [3.8, 4) is 0 Å². The minimum atomic E-state index is -0.0226. The molecule has 0 saturated carbocycles. The topological polar surface area (TPSA) is 32.7 Å². The van der Waals surface area contributed by atoms with E-state index in [1.54, 1.807) is 31.1 Å². The summed E-state index contributed by atoms with van der Waals surface area (Å²) in [6.07, 6.45) is 1.85. The van der Waals surface area contributed by atoms with Gasteiger partial charge in [-0.15, -0.1) is 0 Å². The van der Waals surface area contributed by atoms with Crippen molar-refractivity contribution >= 4 is 40.5 Å². The van der Waals surface area contributed by atoms with Crippen molar-refractivity contribution in [2.75, 3.05) is 14.1 Å². The predicted octanol–water partition coefficient (Wildman–Crippen LogP) is 2.87. The summed E-state index contributed by atoms with van der Waals surface area (Å²) < 4.78 is 0. The number of amides is 1. The van der Waals surface area contributed by atoms with E-state index in [1.165, 1.54) is 11.8 Å². The molecule has 17 heavy (non-hydrogen) atoms. The first-order valence-corrected chi connectivity index (χ1v) is 6.21. The highest BCUT2D eigenvalue weighted by Crippen LogP contribution is 2.31. The Bertz CT molecular complexity index is 508. The first-order chi connectivity index (χ1) is 8.11. The van der Waals surface area contributed by atoms with Gasteiger partial charge in [0.05, 0.1) is 4.91 Å². The molecule has 0 radical (unpaired) electrons. The van der Waals surface area contributed by atoms with Crippen molar-refractivity contribution in [2.24, 2.45) is 4.99 Å². The van der Waals surface area contributed by atoms with Gasteiger partial charge in [-0.3, -0.25) is 14.7 Å². The van der Waals surface area contributed by atoms with Gasteiger partial charge in [0, 0.05) is 19.1 Å². The Labute approximate surface area is 109 Å². The van der Waals surface area contributed by atoms with Gasteiger partial charge in [0.25, 0.3) is 5.91 Å². The van der Waals surface area contributed by atoms with Crippen LogP contribution in [0.4, 0.5) is 0 Å². The molecule has 0 bridgehead atoms. The summed E-state index contributed by atoms with van der Waals surface area (Å²) in [5.74, 6) is -0.0226. The van der Waals surface area contributed by atoms with E-state index in [2.05, 4.69) is 4.99 Å². The molecule has 1 amide bonds. The Hall–Kier alpha value is -1.26. The van der Waals surface area contributed by atoms with Crippen LogP contribution < -0.4 is 0 Å². The van der Waals surface area contributed by atoms with Gasteiger partial charge >= 0.3 is 0 Å². The summed E-state index contributed by atoms with van der Waals surface area (Å²) in [4.78, 5) is 18.1. The first-order valence-electron chi connectivity index (χ1n) is 5.02. The molecule has 0 N–H and O–H groups in total. The van der Waals surface area contributed by atoms with E-state index in [-0.39, 0.29) is 5.91 Å². The van der Waals surface area contributed by atoms with Gasteiger partial charge in [0.1, 0.15) is 0 Å². The molecule has 0 unspecified atom stereocenters. The predicted molar refractivity (Wildman–Crippen MR) is 73.1 cm³/mol. The fourth-order valence-electron chi connectivity index (χ4n) is 1.46. The second kappa shape index (κ2) is 4.94. The van der Waals surface area contributed by atoms with E-state index >= 15 is 0 Å². The van der Waals surface area contributed by atoms with E-state index in [0.717, 1.165) is 10.7 Å². The van der Waals surface area contributed by atoms with Gasteiger partial charge in [-0.25, -0.2) is 0 Å². The third kappa shape index (κ3) is 2.53. The molecule has 1 saturated heterocycles. The number of benzene rings is 1. The summed E-state index contributed by atoms with van der Waals surface area (Å²) in [6, 6.07) is 7.36. The van der Waals surface area contributed by atoms with Crippen molar-refractivity contribution in [1.29, 1.82) is 0 Å². The highest BCUT2D eigenvalue weighted by molar-refractivity contribution is 8.18. The van der Waals surface area contributed by atoms with Gasteiger partial charge in [-0.05, 0) is 35.5 Å². The monoisotopic (exact) mass is 266 g/mol. The molecule has 0 aliphatic carbocycles. The molecule has 5 heteroatoms. The van der Waals surface area contributed by atoms with Gasteiger partial charge in [0.15, 0.2) is 5.17 Å². The van der Waals surface area contributed by atoms with E-state index in [0.29, 0.717) is 9.93 Å². The van der Waals surface area contributed by atoms with Gasteiger partial charge in [-0.1, -0.05) is 23.7 Å². The number of carbonyl (C=O) groups is 1. The zero-order chi connectivity index (χ0) is 12.4. The lowest BCUT2D eigenvalue weighted by atomic mass is 10.2. The molecule has 0 atom stereocenters. The van der Waals surface area contributed by atoms with Crippen molar-refractivity contribution in [1.82, 2.24) is 4.90 Å². The van der Waals surface area contributed by atoms with E-state index in [4.69, 9.17) is 11.6 Å². The maximum absolute atomic E-state index is 11.9. The molecule has 0 spiro atoms. The highest BCUT2D eigenvalue weighted by Gasteiger charge is 2.29. The maximum atomic E-state index is 11.9. The summed E-state index contributed by atoms with van der Waals surface area (Å²) in [5, 5.41) is 1.40. The molecule has 1 aliphatic rings. The molecule has 1 heterocycles. The van der Waals surface area contributed by atoms with Crippen LogP contribution in [0.5, 0.6) is 0 Å². The molecular weight excluding hydrogens is 256 g/mol. The van der Waals surface area contributed by atoms with Crippen LogP contribution in [-0.2, 0) is 4.79 Å². The Balaban J connectivity index is 2.30. The third-order valence-electron chi connectivity index (χ3n) is 2.36. The minimum absolute atomic E-state index is 0.0226. The van der Waals surface area contributed by atoms with Crippen LogP contribution in [0.1, 0.15) is 5.56 Å². The number of carbonyl (C=O) groups excluding carboxylic acids is 1. The molecule has 1 fully saturated rings. The smallest absolute Gasteiger partial charge is 0.266 e. The van der Waals surface area contributed by atoms with Crippen LogP contribution in [0.2, 0.25) is 5.02 Å². The fraction of sp³-hybridized carbons (Fsp3) is 0.167. The molecule has 2 rings (SSSR count). The summed E-state index contributed by atoms with van der Waals surface area (Å²) in [5.41, 5.74) is 0.955. The molecule has 0 aromatic heterocycles. The molecule has 1 aromatic carbocycles. The number of likely N-dealkylation sites (N-methyl/N-ethyl adjacent to an activating group) is 1. The van der Waals surface area contributed by atoms with E-state index in [1.807, 2.05) is 18.2 Å². The normalized spacial score (nSPS) is 20.6. The van der Waals surface area contributed by atoms with Crippen molar-refractivity contribution in [3.05, 3.63) is 39.8 Å². The lowest BCUT2D eigenvalue weighted by Crippen LogP contribution is -2.23. The maximum Gasteiger partial charge on any atom is 0.266 e. The van der Waals surface area contributed by atoms with Crippen LogP contribution in [0.15, 0.2) is 34.2 Å². The average Bonchev–Trinajstić information content (AvgIpc) is 2.60. The zero-order valence-electron chi connectivity index (χ0n) is 9.48. The Morgan fingerprint density at radius 3 is 2.53 bits per heavy atom. The quantitative estimate of drug-likeness (QED) is 0.732. The van der Waals surface area contributed by atoms with Crippen LogP contribution >= 0.6 is 23.4 Å². The highest BCUT2D eigenvalue weighted by atomic mass is 35.5. The van der Waals surface area contributed by atoms with Gasteiger partial charge < -0.3 is 0 Å². The molecule has 1 aromatic rings. The summed E-state index contributed by atoms with van der Waals surface area (Å²) in [7, 11) is 3.40. The fourth-order valence-corrected chi connectivity index (χ4v) is 2.51. The number of nitrogens with zero attached hydrogens (tertiary/aromatic N) is 2. The summed E-state index contributed by atoms with van der Waals surface area (Å²) in [6.45, 7) is 0. The number of halogens is 1. The lowest BCUT2D eigenvalue weighted by molar-refractivity contribution is -0.121. The SMILES string of the molecule is CN=C1S/C(=C\c2ccc(Cl)cc2)C(=O)N1C. The lowest BCUT2D eigenvalue weighted by Gasteiger charge is -2.05.